The van der Waals surface area contributed by atoms with Crippen LogP contribution in [0.25, 0.3) is 0 Å². The summed E-state index contributed by atoms with van der Waals surface area (Å²) in [7, 11) is 0. The Kier molecular flexibility index (Phi) is 5.51. The van der Waals surface area contributed by atoms with Crippen molar-refractivity contribution in [3.8, 4) is 5.75 Å². The molecule has 0 bridgehead atoms. The second-order valence-corrected chi connectivity index (χ2v) is 16.3. The Bertz CT molecular complexity index is 1590. The van der Waals surface area contributed by atoms with Crippen LogP contribution in [0.15, 0.2) is 40.4 Å². The lowest BCUT2D eigenvalue weighted by atomic mass is 9.60. The molecule has 42 heavy (non-hydrogen) atoms. The Morgan fingerprint density at radius 2 is 1.50 bits per heavy atom. The summed E-state index contributed by atoms with van der Waals surface area (Å²) in [6.45, 7) is 21.3. The van der Waals surface area contributed by atoms with Gasteiger partial charge < -0.3 is 20.2 Å². The molecular formula is C36H46N2O4. The number of carbonyl (C=O) groups excluding carboxylic acids is 1. The zero-order valence-electron chi connectivity index (χ0n) is 26.6. The van der Waals surface area contributed by atoms with Gasteiger partial charge in [0.25, 0.3) is 0 Å². The van der Waals surface area contributed by atoms with Crippen molar-refractivity contribution in [2.45, 2.75) is 97.8 Å². The van der Waals surface area contributed by atoms with Crippen molar-refractivity contribution in [1.29, 1.82) is 0 Å². The second kappa shape index (κ2) is 8.33. The van der Waals surface area contributed by atoms with Crippen LogP contribution in [0, 0.1) is 16.7 Å². The van der Waals surface area contributed by atoms with E-state index in [0.29, 0.717) is 5.56 Å². The molecule has 6 aliphatic rings. The second-order valence-electron chi connectivity index (χ2n) is 16.3. The minimum atomic E-state index is -1.03. The average molecular weight is 571 g/mol. The molecule has 0 saturated heterocycles. The van der Waals surface area contributed by atoms with Crippen LogP contribution in [0.1, 0.15) is 104 Å². The van der Waals surface area contributed by atoms with E-state index in [4.69, 9.17) is 0 Å². The van der Waals surface area contributed by atoms with Gasteiger partial charge >= 0.3 is 0 Å². The first-order valence-electron chi connectivity index (χ1n) is 15.9. The van der Waals surface area contributed by atoms with E-state index in [-0.39, 0.29) is 50.3 Å². The molecule has 7 rings (SSSR count). The molecule has 0 saturated carbocycles. The molecule has 2 atom stereocenters. The van der Waals surface area contributed by atoms with Crippen LogP contribution < -0.4 is 10.0 Å². The summed E-state index contributed by atoms with van der Waals surface area (Å²) >= 11 is 0. The zero-order valence-corrected chi connectivity index (χ0v) is 26.6. The molecule has 1 aromatic carbocycles. The number of ketones is 1. The summed E-state index contributed by atoms with van der Waals surface area (Å²) in [5, 5.41) is 37.8. The van der Waals surface area contributed by atoms with Crippen molar-refractivity contribution in [3.05, 3.63) is 57.1 Å². The molecule has 0 spiro atoms. The highest BCUT2D eigenvalue weighted by Crippen LogP contribution is 2.57. The van der Waals surface area contributed by atoms with Crippen LogP contribution in [0.2, 0.25) is 0 Å². The molecule has 4 heterocycles. The van der Waals surface area contributed by atoms with Crippen LogP contribution >= 0.6 is 0 Å². The summed E-state index contributed by atoms with van der Waals surface area (Å²) in [5.74, 6) is -2.05. The van der Waals surface area contributed by atoms with Gasteiger partial charge in [-0.25, -0.2) is 4.58 Å². The third-order valence-corrected chi connectivity index (χ3v) is 11.8. The molecule has 6 nitrogen and oxygen atoms in total. The third kappa shape index (κ3) is 3.50. The number of aromatic hydroxyl groups is 1. The van der Waals surface area contributed by atoms with Crippen LogP contribution in [-0.2, 0) is 15.6 Å². The number of Topliss-reactive ketones (excluding diaryl/α,β-unsaturated/α-hetero) is 1. The van der Waals surface area contributed by atoms with Crippen molar-refractivity contribution >= 4 is 17.2 Å². The highest BCUT2D eigenvalue weighted by atomic mass is 16.3. The maximum absolute atomic E-state index is 14.1. The lowest BCUT2D eigenvalue weighted by Crippen LogP contribution is -2.49. The largest absolute Gasteiger partial charge is 0.874 e. The summed E-state index contributed by atoms with van der Waals surface area (Å²) < 4.78 is 2.38. The summed E-state index contributed by atoms with van der Waals surface area (Å²) in [5.41, 5.74) is 6.04. The number of hydrogen-bond acceptors (Lipinski definition) is 5. The fraction of sp³-hybridized carbons (Fsp3) is 0.611. The molecule has 4 aliphatic heterocycles. The predicted molar refractivity (Wildman–Crippen MR) is 163 cm³/mol. The quantitative estimate of drug-likeness (QED) is 0.457. The highest BCUT2D eigenvalue weighted by molar-refractivity contribution is 6.15. The Morgan fingerprint density at radius 3 is 2.14 bits per heavy atom. The van der Waals surface area contributed by atoms with Crippen LogP contribution in [0.5, 0.6) is 5.75 Å². The molecule has 224 valence electrons. The summed E-state index contributed by atoms with van der Waals surface area (Å²) in [6.07, 6.45) is 5.78. The smallest absolute Gasteiger partial charge is 0.210 e. The Balaban J connectivity index is 1.40. The lowest BCUT2D eigenvalue weighted by molar-refractivity contribution is -0.539. The standard InChI is InChI=1S/C36H46N2O4/c1-33(2)9-13-37-15-11-35(5,6)25-27(37)21(33)17-19(29(25)39)23-31(41)24(32(23)42)20-18-22-28-26(30(20)40)36(7,8)12-16-38(28)14-10-34(22,3)4/h17-19,24H,9-16H2,1-8H3,(H2,40,41,42). The van der Waals surface area contributed by atoms with Gasteiger partial charge in [-0.15, -0.1) is 5.76 Å². The molecule has 2 unspecified atom stereocenters. The number of hydrogen-bond donors (Lipinski definition) is 2. The van der Waals surface area contributed by atoms with E-state index in [0.717, 1.165) is 85.5 Å². The van der Waals surface area contributed by atoms with E-state index in [1.54, 1.807) is 0 Å². The fourth-order valence-corrected chi connectivity index (χ4v) is 8.80. The molecule has 0 fully saturated rings. The molecule has 0 radical (unpaired) electrons. The van der Waals surface area contributed by atoms with Crippen LogP contribution in [0.4, 0.5) is 5.69 Å². The van der Waals surface area contributed by atoms with Crippen molar-refractivity contribution in [2.75, 3.05) is 31.1 Å². The highest BCUT2D eigenvalue weighted by Gasteiger charge is 2.54. The van der Waals surface area contributed by atoms with E-state index in [1.807, 2.05) is 12.1 Å². The SMILES string of the molecule is CC1(C)CC[N+]2=C3C1=CC(C1=C([O-])C(c4cc5c6c(c4O)C(C)(C)CCN6CCC5(C)C)C1=O)C(O)=C3C(C)(C)CC2. The van der Waals surface area contributed by atoms with Gasteiger partial charge in [-0.05, 0) is 40.9 Å². The molecule has 6 heteroatoms. The third-order valence-electron chi connectivity index (χ3n) is 11.8. The number of phenols is 1. The monoisotopic (exact) mass is 570 g/mol. The van der Waals surface area contributed by atoms with E-state index in [9.17, 15) is 20.1 Å². The topological polar surface area (TPSA) is 86.8 Å². The van der Waals surface area contributed by atoms with Crippen molar-refractivity contribution in [2.24, 2.45) is 16.7 Å². The van der Waals surface area contributed by atoms with Crippen molar-refractivity contribution in [3.63, 3.8) is 0 Å². The molecular weight excluding hydrogens is 524 g/mol. The number of anilines is 1. The molecule has 1 aromatic rings. The van der Waals surface area contributed by atoms with E-state index in [2.05, 4.69) is 64.9 Å². The van der Waals surface area contributed by atoms with E-state index >= 15 is 0 Å². The number of aliphatic hydroxyl groups is 1. The number of rotatable bonds is 2. The van der Waals surface area contributed by atoms with Gasteiger partial charge in [0, 0.05) is 59.1 Å². The first-order chi connectivity index (χ1) is 19.5. The summed E-state index contributed by atoms with van der Waals surface area (Å²) in [6, 6.07) is 1.95. The predicted octanol–water partition coefficient (Wildman–Crippen LogP) is 5.52. The first kappa shape index (κ1) is 27.8. The average Bonchev–Trinajstić information content (AvgIpc) is 2.88. The minimum absolute atomic E-state index is 0.101. The van der Waals surface area contributed by atoms with E-state index < -0.39 is 11.8 Å². The van der Waals surface area contributed by atoms with Crippen molar-refractivity contribution in [1.82, 2.24) is 0 Å². The van der Waals surface area contributed by atoms with Gasteiger partial charge in [0.2, 0.25) is 5.71 Å². The van der Waals surface area contributed by atoms with Gasteiger partial charge in [-0.2, -0.15) is 0 Å². The molecule has 2 aliphatic carbocycles. The molecule has 0 amide bonds. The maximum atomic E-state index is 14.1. The Morgan fingerprint density at radius 1 is 0.881 bits per heavy atom. The number of carbonyl (C=O) groups is 1. The normalized spacial score (nSPS) is 30.0. The first-order valence-corrected chi connectivity index (χ1v) is 15.9. The Hall–Kier alpha value is -3.02. The van der Waals surface area contributed by atoms with E-state index in [1.165, 1.54) is 0 Å². The summed E-state index contributed by atoms with van der Waals surface area (Å²) in [4.78, 5) is 16.5. The maximum Gasteiger partial charge on any atom is 0.210 e. The van der Waals surface area contributed by atoms with Crippen molar-refractivity contribution < 1.29 is 24.7 Å². The number of benzene rings is 1. The van der Waals surface area contributed by atoms with Gasteiger partial charge in [0.05, 0.1) is 17.4 Å². The number of aliphatic hydroxyl groups excluding tert-OH is 1. The zero-order chi connectivity index (χ0) is 30.3. The number of nitrogens with zero attached hydrogens (tertiary/aromatic N) is 2. The molecule has 2 N–H and O–H groups in total. The van der Waals surface area contributed by atoms with Gasteiger partial charge in [0.15, 0.2) is 5.78 Å². The lowest BCUT2D eigenvalue weighted by Gasteiger charge is -2.50. The fourth-order valence-electron chi connectivity index (χ4n) is 8.80. The number of phenolic OH excluding ortho intramolecular Hbond substituents is 1. The van der Waals surface area contributed by atoms with Gasteiger partial charge in [-0.1, -0.05) is 61.5 Å². The van der Waals surface area contributed by atoms with Gasteiger partial charge in [0.1, 0.15) is 24.6 Å². The Labute approximate surface area is 250 Å². The minimum Gasteiger partial charge on any atom is -0.874 e. The van der Waals surface area contributed by atoms with Gasteiger partial charge in [-0.3, -0.25) is 4.79 Å². The number of allylic oxidation sites excluding steroid dienone is 4. The van der Waals surface area contributed by atoms with Crippen LogP contribution in [0.3, 0.4) is 0 Å². The molecule has 0 aromatic heterocycles. The van der Waals surface area contributed by atoms with Crippen LogP contribution in [-0.4, -0.2) is 52.5 Å².